The summed E-state index contributed by atoms with van der Waals surface area (Å²) >= 11 is 0. The molecular formula is C13H20N2O3S. The maximum Gasteiger partial charge on any atom is 0.213 e. The third kappa shape index (κ3) is 2.96. The van der Waals surface area contributed by atoms with Crippen LogP contribution in [0.1, 0.15) is 31.0 Å². The lowest BCUT2D eigenvalue weighted by Gasteiger charge is -2.37. The predicted octanol–water partition coefficient (Wildman–Crippen LogP) is 1.02. The summed E-state index contributed by atoms with van der Waals surface area (Å²) in [4.78, 5) is 4.26. The van der Waals surface area contributed by atoms with Crippen molar-refractivity contribution in [3.63, 3.8) is 0 Å². The fraction of sp³-hybridized carbons (Fsp3) is 0.615. The average Bonchev–Trinajstić information content (AvgIpc) is 2.40. The van der Waals surface area contributed by atoms with Crippen LogP contribution in [0.15, 0.2) is 18.3 Å². The largest absolute Gasteiger partial charge is 0.383 e. The van der Waals surface area contributed by atoms with Crippen molar-refractivity contribution in [2.45, 2.75) is 32.3 Å². The smallest absolute Gasteiger partial charge is 0.213 e. The number of aryl methyl sites for hydroxylation is 1. The molecule has 0 aromatic carbocycles. The van der Waals surface area contributed by atoms with E-state index >= 15 is 0 Å². The maximum absolute atomic E-state index is 11.8. The molecule has 1 N–H and O–H groups in total. The van der Waals surface area contributed by atoms with E-state index < -0.39 is 15.6 Å². The number of hydrogen-bond donors (Lipinski definition) is 1. The van der Waals surface area contributed by atoms with Gasteiger partial charge in [0.25, 0.3) is 0 Å². The SMILES string of the molecule is CCS(=O)(=O)N1CCC(O)(c2ccc(C)cn2)CC1. The molecule has 5 nitrogen and oxygen atoms in total. The van der Waals surface area contributed by atoms with Gasteiger partial charge in [-0.3, -0.25) is 4.98 Å². The van der Waals surface area contributed by atoms with Crippen LogP contribution in [0.3, 0.4) is 0 Å². The Balaban J connectivity index is 2.12. The highest BCUT2D eigenvalue weighted by Crippen LogP contribution is 2.32. The molecule has 2 heterocycles. The van der Waals surface area contributed by atoms with Crippen LogP contribution in [0, 0.1) is 6.92 Å². The van der Waals surface area contributed by atoms with Gasteiger partial charge in [-0.15, -0.1) is 0 Å². The minimum Gasteiger partial charge on any atom is -0.383 e. The van der Waals surface area contributed by atoms with E-state index in [2.05, 4.69) is 4.98 Å². The number of aromatic nitrogens is 1. The van der Waals surface area contributed by atoms with Crippen molar-refractivity contribution in [1.29, 1.82) is 0 Å². The standard InChI is InChI=1S/C13H20N2O3S/c1-3-19(17,18)15-8-6-13(16,7-9-15)12-5-4-11(2)10-14-12/h4-5,10,16H,3,6-9H2,1-2H3. The molecule has 19 heavy (non-hydrogen) atoms. The predicted molar refractivity (Wildman–Crippen MR) is 73.1 cm³/mol. The molecule has 1 aliphatic heterocycles. The minimum absolute atomic E-state index is 0.105. The summed E-state index contributed by atoms with van der Waals surface area (Å²) in [5.74, 6) is 0.105. The van der Waals surface area contributed by atoms with Gasteiger partial charge in [-0.2, -0.15) is 0 Å². The Kier molecular flexibility index (Phi) is 3.94. The van der Waals surface area contributed by atoms with E-state index in [1.54, 1.807) is 13.1 Å². The lowest BCUT2D eigenvalue weighted by molar-refractivity contribution is -0.0134. The van der Waals surface area contributed by atoms with Gasteiger partial charge in [0.05, 0.1) is 11.4 Å². The van der Waals surface area contributed by atoms with Crippen LogP contribution in [0.4, 0.5) is 0 Å². The molecule has 0 amide bonds. The Morgan fingerprint density at radius 1 is 1.37 bits per heavy atom. The van der Waals surface area contributed by atoms with E-state index in [9.17, 15) is 13.5 Å². The van der Waals surface area contributed by atoms with Gasteiger partial charge in [-0.25, -0.2) is 12.7 Å². The second-order valence-corrected chi connectivity index (χ2v) is 7.31. The minimum atomic E-state index is -3.16. The van der Waals surface area contributed by atoms with E-state index in [-0.39, 0.29) is 5.75 Å². The van der Waals surface area contributed by atoms with E-state index in [4.69, 9.17) is 0 Å². The molecule has 2 rings (SSSR count). The molecule has 0 radical (unpaired) electrons. The highest BCUT2D eigenvalue weighted by atomic mass is 32.2. The zero-order chi connectivity index (χ0) is 14.1. The zero-order valence-corrected chi connectivity index (χ0v) is 12.2. The van der Waals surface area contributed by atoms with Gasteiger partial charge in [-0.1, -0.05) is 6.07 Å². The molecule has 1 aliphatic rings. The third-order valence-electron chi connectivity index (χ3n) is 3.70. The topological polar surface area (TPSA) is 70.5 Å². The molecular weight excluding hydrogens is 264 g/mol. The number of hydrogen-bond acceptors (Lipinski definition) is 4. The summed E-state index contributed by atoms with van der Waals surface area (Å²) in [5.41, 5.74) is 0.665. The van der Waals surface area contributed by atoms with E-state index in [1.165, 1.54) is 4.31 Å². The second kappa shape index (κ2) is 5.19. The Bertz CT molecular complexity index is 532. The van der Waals surface area contributed by atoms with Crippen LogP contribution >= 0.6 is 0 Å². The molecule has 0 unspecified atom stereocenters. The first-order valence-electron chi connectivity index (χ1n) is 6.51. The zero-order valence-electron chi connectivity index (χ0n) is 11.3. The molecule has 0 aliphatic carbocycles. The summed E-state index contributed by atoms with van der Waals surface area (Å²) in [6, 6.07) is 3.73. The summed E-state index contributed by atoms with van der Waals surface area (Å²) in [6.07, 6.45) is 2.51. The van der Waals surface area contributed by atoms with Crippen molar-refractivity contribution >= 4 is 10.0 Å². The van der Waals surface area contributed by atoms with Gasteiger partial charge in [0.2, 0.25) is 10.0 Å². The third-order valence-corrected chi connectivity index (χ3v) is 5.58. The molecule has 0 spiro atoms. The summed E-state index contributed by atoms with van der Waals surface area (Å²) in [5, 5.41) is 10.6. The van der Waals surface area contributed by atoms with Crippen molar-refractivity contribution < 1.29 is 13.5 Å². The van der Waals surface area contributed by atoms with Crippen LogP contribution < -0.4 is 0 Å². The fourth-order valence-electron chi connectivity index (χ4n) is 2.32. The summed E-state index contributed by atoms with van der Waals surface area (Å²) < 4.78 is 25.0. The first-order chi connectivity index (χ1) is 8.87. The van der Waals surface area contributed by atoms with Crippen molar-refractivity contribution in [3.05, 3.63) is 29.6 Å². The van der Waals surface area contributed by atoms with Gasteiger partial charge in [0.15, 0.2) is 0 Å². The van der Waals surface area contributed by atoms with Crippen LogP contribution in [0.2, 0.25) is 0 Å². The van der Waals surface area contributed by atoms with E-state index in [0.717, 1.165) is 5.56 Å². The molecule has 6 heteroatoms. The maximum atomic E-state index is 11.8. The second-order valence-electron chi connectivity index (χ2n) is 5.05. The molecule has 1 saturated heterocycles. The fourth-order valence-corrected chi connectivity index (χ4v) is 3.42. The number of aliphatic hydroxyl groups is 1. The Hall–Kier alpha value is -0.980. The van der Waals surface area contributed by atoms with Crippen LogP contribution in [-0.4, -0.2) is 41.7 Å². The highest BCUT2D eigenvalue weighted by Gasteiger charge is 2.38. The van der Waals surface area contributed by atoms with Crippen molar-refractivity contribution in [2.75, 3.05) is 18.8 Å². The van der Waals surface area contributed by atoms with Gasteiger partial charge >= 0.3 is 0 Å². The molecule has 0 saturated carbocycles. The van der Waals surface area contributed by atoms with E-state index in [0.29, 0.717) is 31.6 Å². The number of pyridine rings is 1. The van der Waals surface area contributed by atoms with Gasteiger partial charge in [0, 0.05) is 19.3 Å². The molecule has 0 bridgehead atoms. The lowest BCUT2D eigenvalue weighted by Crippen LogP contribution is -2.45. The highest BCUT2D eigenvalue weighted by molar-refractivity contribution is 7.89. The summed E-state index contributed by atoms with van der Waals surface area (Å²) in [7, 11) is -3.16. The van der Waals surface area contributed by atoms with Crippen LogP contribution in [0.25, 0.3) is 0 Å². The molecule has 1 aromatic rings. The summed E-state index contributed by atoms with van der Waals surface area (Å²) in [6.45, 7) is 4.28. The number of rotatable bonds is 3. The van der Waals surface area contributed by atoms with Gasteiger partial charge in [0.1, 0.15) is 5.60 Å². The number of sulfonamides is 1. The number of nitrogens with zero attached hydrogens (tertiary/aromatic N) is 2. The Morgan fingerprint density at radius 2 is 2.00 bits per heavy atom. The lowest BCUT2D eigenvalue weighted by atomic mass is 9.88. The Morgan fingerprint density at radius 3 is 2.47 bits per heavy atom. The van der Waals surface area contributed by atoms with Crippen molar-refractivity contribution in [1.82, 2.24) is 9.29 Å². The number of piperidine rings is 1. The molecule has 1 fully saturated rings. The van der Waals surface area contributed by atoms with Crippen molar-refractivity contribution in [2.24, 2.45) is 0 Å². The molecule has 106 valence electrons. The normalized spacial score (nSPS) is 20.4. The quantitative estimate of drug-likeness (QED) is 0.899. The van der Waals surface area contributed by atoms with Gasteiger partial charge in [-0.05, 0) is 38.3 Å². The van der Waals surface area contributed by atoms with E-state index in [1.807, 2.05) is 19.1 Å². The van der Waals surface area contributed by atoms with Gasteiger partial charge < -0.3 is 5.11 Å². The monoisotopic (exact) mass is 284 g/mol. The first-order valence-corrected chi connectivity index (χ1v) is 8.12. The van der Waals surface area contributed by atoms with Crippen LogP contribution in [0.5, 0.6) is 0 Å². The Labute approximate surface area is 114 Å². The van der Waals surface area contributed by atoms with Crippen molar-refractivity contribution in [3.8, 4) is 0 Å². The molecule has 0 atom stereocenters. The first kappa shape index (κ1) is 14.4. The average molecular weight is 284 g/mol. The molecule has 1 aromatic heterocycles. The van der Waals surface area contributed by atoms with Crippen LogP contribution in [-0.2, 0) is 15.6 Å².